The summed E-state index contributed by atoms with van der Waals surface area (Å²) in [6.07, 6.45) is 5.74. The van der Waals surface area contributed by atoms with Gasteiger partial charge in [0.2, 0.25) is 0 Å². The Bertz CT molecular complexity index is 2290. The van der Waals surface area contributed by atoms with Crippen molar-refractivity contribution < 1.29 is 0 Å². The zero-order valence-corrected chi connectivity index (χ0v) is 24.8. The van der Waals surface area contributed by atoms with E-state index in [0.717, 1.165) is 16.8 Å². The molecular weight excluding hydrogens is 532 g/mol. The molecule has 2 aromatic heterocycles. The SMILES string of the molecule is Cc1cncc(-c2ccc(-c3c4ccccc4c(-c4ccc(-c5ccnc(C)c5)c5ccccc45)c4ccccc34)cc2)c1. The lowest BCUT2D eigenvalue weighted by molar-refractivity contribution is 1.20. The summed E-state index contributed by atoms with van der Waals surface area (Å²) in [5.74, 6) is 0. The van der Waals surface area contributed by atoms with Gasteiger partial charge in [-0.05, 0) is 109 Å². The fraction of sp³-hybridized carbons (Fsp3) is 0.0476. The molecule has 0 saturated heterocycles. The van der Waals surface area contributed by atoms with Gasteiger partial charge in [-0.25, -0.2) is 0 Å². The summed E-state index contributed by atoms with van der Waals surface area (Å²) in [5, 5.41) is 7.51. The van der Waals surface area contributed by atoms with Crippen molar-refractivity contribution in [1.29, 1.82) is 0 Å². The van der Waals surface area contributed by atoms with Crippen LogP contribution in [0.25, 0.3) is 76.8 Å². The second-order valence-electron chi connectivity index (χ2n) is 11.6. The second-order valence-corrected chi connectivity index (χ2v) is 11.6. The van der Waals surface area contributed by atoms with Gasteiger partial charge in [-0.2, -0.15) is 0 Å². The fourth-order valence-corrected chi connectivity index (χ4v) is 6.75. The highest BCUT2D eigenvalue weighted by atomic mass is 14.6. The van der Waals surface area contributed by atoms with Gasteiger partial charge in [0.15, 0.2) is 0 Å². The third-order valence-corrected chi connectivity index (χ3v) is 8.71. The maximum Gasteiger partial charge on any atom is 0.0378 e. The highest BCUT2D eigenvalue weighted by Gasteiger charge is 2.19. The highest BCUT2D eigenvalue weighted by molar-refractivity contribution is 6.24. The lowest BCUT2D eigenvalue weighted by Gasteiger charge is -2.20. The Hall–Kier alpha value is -5.60. The van der Waals surface area contributed by atoms with E-state index in [2.05, 4.69) is 144 Å². The van der Waals surface area contributed by atoms with Crippen LogP contribution in [-0.2, 0) is 0 Å². The Kier molecular flexibility index (Phi) is 6.27. The summed E-state index contributed by atoms with van der Waals surface area (Å²) in [5.41, 5.74) is 11.9. The molecule has 2 heterocycles. The fourth-order valence-electron chi connectivity index (χ4n) is 6.75. The van der Waals surface area contributed by atoms with Crippen molar-refractivity contribution in [2.75, 3.05) is 0 Å². The minimum atomic E-state index is 1.02. The molecule has 208 valence electrons. The van der Waals surface area contributed by atoms with E-state index < -0.39 is 0 Å². The predicted octanol–water partition coefficient (Wildman–Crippen LogP) is 11.2. The Morgan fingerprint density at radius 2 is 0.955 bits per heavy atom. The Balaban J connectivity index is 1.38. The van der Waals surface area contributed by atoms with E-state index in [0.29, 0.717) is 0 Å². The summed E-state index contributed by atoms with van der Waals surface area (Å²) < 4.78 is 0. The molecule has 0 aliphatic rings. The number of aromatic nitrogens is 2. The summed E-state index contributed by atoms with van der Waals surface area (Å²) in [7, 11) is 0. The normalized spacial score (nSPS) is 11.4. The van der Waals surface area contributed by atoms with Gasteiger partial charge in [0.05, 0.1) is 0 Å². The average molecular weight is 563 g/mol. The Morgan fingerprint density at radius 3 is 1.57 bits per heavy atom. The molecule has 0 radical (unpaired) electrons. The van der Waals surface area contributed by atoms with Crippen LogP contribution in [0.1, 0.15) is 11.3 Å². The monoisotopic (exact) mass is 562 g/mol. The first kappa shape index (κ1) is 26.1. The van der Waals surface area contributed by atoms with Gasteiger partial charge in [0, 0.05) is 29.8 Å². The van der Waals surface area contributed by atoms with Crippen molar-refractivity contribution in [3.63, 3.8) is 0 Å². The van der Waals surface area contributed by atoms with Crippen LogP contribution in [0.15, 0.2) is 146 Å². The third kappa shape index (κ3) is 4.35. The molecule has 2 nitrogen and oxygen atoms in total. The third-order valence-electron chi connectivity index (χ3n) is 8.71. The molecule has 8 rings (SSSR count). The number of fused-ring (bicyclic) bond motifs is 3. The van der Waals surface area contributed by atoms with Crippen molar-refractivity contribution in [2.45, 2.75) is 13.8 Å². The van der Waals surface area contributed by atoms with Crippen molar-refractivity contribution >= 4 is 32.3 Å². The molecular formula is C42H30N2. The smallest absolute Gasteiger partial charge is 0.0378 e. The summed E-state index contributed by atoms with van der Waals surface area (Å²) in [4.78, 5) is 8.84. The van der Waals surface area contributed by atoms with Gasteiger partial charge < -0.3 is 0 Å². The number of rotatable bonds is 4. The zero-order valence-electron chi connectivity index (χ0n) is 24.8. The van der Waals surface area contributed by atoms with E-state index >= 15 is 0 Å². The maximum atomic E-state index is 4.43. The second kappa shape index (κ2) is 10.6. The van der Waals surface area contributed by atoms with E-state index in [1.165, 1.54) is 71.3 Å². The van der Waals surface area contributed by atoms with E-state index in [9.17, 15) is 0 Å². The lowest BCUT2D eigenvalue weighted by Crippen LogP contribution is -1.93. The van der Waals surface area contributed by atoms with Crippen LogP contribution in [0.4, 0.5) is 0 Å². The van der Waals surface area contributed by atoms with Gasteiger partial charge in [-0.3, -0.25) is 9.97 Å². The number of pyridine rings is 2. The quantitative estimate of drug-likeness (QED) is 0.199. The minimum absolute atomic E-state index is 1.02. The molecule has 0 saturated carbocycles. The van der Waals surface area contributed by atoms with Gasteiger partial charge in [0.25, 0.3) is 0 Å². The Labute approximate surface area is 257 Å². The van der Waals surface area contributed by atoms with E-state index in [1.54, 1.807) is 0 Å². The van der Waals surface area contributed by atoms with E-state index in [1.807, 2.05) is 25.5 Å². The van der Waals surface area contributed by atoms with Crippen molar-refractivity contribution in [3.8, 4) is 44.5 Å². The maximum absolute atomic E-state index is 4.43. The lowest BCUT2D eigenvalue weighted by atomic mass is 9.83. The van der Waals surface area contributed by atoms with Crippen LogP contribution < -0.4 is 0 Å². The molecule has 0 aliphatic heterocycles. The molecule has 8 aromatic rings. The van der Waals surface area contributed by atoms with Crippen LogP contribution in [0.2, 0.25) is 0 Å². The molecule has 0 bridgehead atoms. The number of benzene rings is 6. The number of aryl methyl sites for hydroxylation is 2. The molecule has 6 aromatic carbocycles. The van der Waals surface area contributed by atoms with Crippen LogP contribution in [-0.4, -0.2) is 9.97 Å². The molecule has 44 heavy (non-hydrogen) atoms. The average Bonchev–Trinajstić information content (AvgIpc) is 3.07. The molecule has 0 fully saturated rings. The molecule has 0 unspecified atom stereocenters. The first-order valence-electron chi connectivity index (χ1n) is 15.1. The highest BCUT2D eigenvalue weighted by Crippen LogP contribution is 2.46. The standard InChI is InChI=1S/C42H30N2/c1-27-23-32(26-43-25-27)29-15-17-30(18-16-29)41-36-11-5-7-13-38(36)42(39-14-8-6-12-37(39)41)40-20-19-33(31-21-22-44-28(2)24-31)34-9-3-4-10-35(34)40/h3-26H,1-2H3. The van der Waals surface area contributed by atoms with Gasteiger partial charge >= 0.3 is 0 Å². The van der Waals surface area contributed by atoms with Gasteiger partial charge in [0.1, 0.15) is 0 Å². The summed E-state index contributed by atoms with van der Waals surface area (Å²) in [6.45, 7) is 4.13. The predicted molar refractivity (Wildman–Crippen MR) is 186 cm³/mol. The number of hydrogen-bond acceptors (Lipinski definition) is 2. The summed E-state index contributed by atoms with van der Waals surface area (Å²) in [6, 6.07) is 46.5. The first-order chi connectivity index (χ1) is 21.7. The van der Waals surface area contributed by atoms with Crippen molar-refractivity contribution in [1.82, 2.24) is 9.97 Å². The van der Waals surface area contributed by atoms with Crippen molar-refractivity contribution in [3.05, 3.63) is 157 Å². The zero-order chi connectivity index (χ0) is 29.6. The number of nitrogens with zero attached hydrogens (tertiary/aromatic N) is 2. The minimum Gasteiger partial charge on any atom is -0.264 e. The molecule has 0 spiro atoms. The molecule has 0 N–H and O–H groups in total. The van der Waals surface area contributed by atoms with Crippen LogP contribution >= 0.6 is 0 Å². The number of hydrogen-bond donors (Lipinski definition) is 0. The van der Waals surface area contributed by atoms with E-state index in [-0.39, 0.29) is 0 Å². The van der Waals surface area contributed by atoms with Gasteiger partial charge in [-0.1, -0.05) is 109 Å². The topological polar surface area (TPSA) is 25.8 Å². The van der Waals surface area contributed by atoms with Crippen LogP contribution in [0, 0.1) is 13.8 Å². The summed E-state index contributed by atoms with van der Waals surface area (Å²) >= 11 is 0. The first-order valence-corrected chi connectivity index (χ1v) is 15.1. The molecule has 0 aliphatic carbocycles. The van der Waals surface area contributed by atoms with Crippen molar-refractivity contribution in [2.24, 2.45) is 0 Å². The molecule has 0 atom stereocenters. The van der Waals surface area contributed by atoms with Gasteiger partial charge in [-0.15, -0.1) is 0 Å². The Morgan fingerprint density at radius 1 is 0.409 bits per heavy atom. The molecule has 2 heteroatoms. The van der Waals surface area contributed by atoms with Crippen LogP contribution in [0.5, 0.6) is 0 Å². The van der Waals surface area contributed by atoms with E-state index in [4.69, 9.17) is 0 Å². The van der Waals surface area contributed by atoms with Crippen LogP contribution in [0.3, 0.4) is 0 Å². The largest absolute Gasteiger partial charge is 0.264 e. The molecule has 0 amide bonds.